The number of carbonyl (C=O) groups is 1. The number of hydrogen-bond donors (Lipinski definition) is 1. The third-order valence-electron chi connectivity index (χ3n) is 5.99. The molecule has 1 heterocycles. The van der Waals surface area contributed by atoms with Gasteiger partial charge in [-0.25, -0.2) is 0 Å². The van der Waals surface area contributed by atoms with Gasteiger partial charge in [-0.1, -0.05) is 98.4 Å². The molecule has 1 aliphatic heterocycles. The fourth-order valence-electron chi connectivity index (χ4n) is 4.08. The van der Waals surface area contributed by atoms with Gasteiger partial charge < -0.3 is 5.32 Å². The number of rotatable bonds is 7. The first-order valence-electron chi connectivity index (χ1n) is 11.3. The maximum atomic E-state index is 12.8. The predicted molar refractivity (Wildman–Crippen MR) is 145 cm³/mol. The molecular formula is C27H27Br2ClN2O. The van der Waals surface area contributed by atoms with E-state index in [1.807, 2.05) is 48.5 Å². The first kappa shape index (κ1) is 24.5. The quantitative estimate of drug-likeness (QED) is 0.285. The minimum absolute atomic E-state index is 0.0811. The number of amides is 1. The second-order valence-electron chi connectivity index (χ2n) is 8.46. The van der Waals surface area contributed by atoms with E-state index in [9.17, 15) is 4.79 Å². The van der Waals surface area contributed by atoms with Crippen molar-refractivity contribution in [2.24, 2.45) is 0 Å². The van der Waals surface area contributed by atoms with Gasteiger partial charge in [0.25, 0.3) is 0 Å². The van der Waals surface area contributed by atoms with Crippen molar-refractivity contribution in [3.63, 3.8) is 0 Å². The summed E-state index contributed by atoms with van der Waals surface area (Å²) in [5.74, 6) is -0.0811. The van der Waals surface area contributed by atoms with E-state index >= 15 is 0 Å². The third-order valence-corrected chi connectivity index (χ3v) is 8.95. The van der Waals surface area contributed by atoms with Gasteiger partial charge in [0.2, 0.25) is 5.91 Å². The number of hydrogen-bond acceptors (Lipinski definition) is 2. The Kier molecular flexibility index (Phi) is 8.64. The number of benzene rings is 3. The van der Waals surface area contributed by atoms with Crippen LogP contribution < -0.4 is 5.32 Å². The van der Waals surface area contributed by atoms with Crippen LogP contribution in [0.2, 0.25) is 5.02 Å². The first-order chi connectivity index (χ1) is 16.0. The molecule has 2 unspecified atom stereocenters. The molecule has 0 radical (unpaired) electrons. The first-order valence-corrected chi connectivity index (χ1v) is 13.5. The number of nitrogens with one attached hydrogen (secondary N) is 1. The van der Waals surface area contributed by atoms with Crippen molar-refractivity contribution in [3.8, 4) is 11.1 Å². The number of carbonyl (C=O) groups excluding carboxylic acids is 1. The molecule has 3 aromatic carbocycles. The second-order valence-corrected chi connectivity index (χ2v) is 10.9. The fraction of sp³-hybridized carbons (Fsp3) is 0.296. The summed E-state index contributed by atoms with van der Waals surface area (Å²) >= 11 is 13.3. The maximum Gasteiger partial charge on any atom is 0.239 e. The summed E-state index contributed by atoms with van der Waals surface area (Å²) in [6.45, 7) is 3.33. The van der Waals surface area contributed by atoms with Gasteiger partial charge in [0.05, 0.1) is 4.83 Å². The van der Waals surface area contributed by atoms with E-state index < -0.39 is 4.83 Å². The molecule has 0 spiro atoms. The second kappa shape index (κ2) is 11.7. The summed E-state index contributed by atoms with van der Waals surface area (Å²) in [6, 6.07) is 24.2. The van der Waals surface area contributed by atoms with Crippen molar-refractivity contribution in [2.45, 2.75) is 35.5 Å². The molecule has 1 N–H and O–H groups in total. The van der Waals surface area contributed by atoms with Gasteiger partial charge in [-0.2, -0.15) is 0 Å². The van der Waals surface area contributed by atoms with E-state index in [2.05, 4.69) is 66.3 Å². The van der Waals surface area contributed by atoms with E-state index in [-0.39, 0.29) is 10.7 Å². The number of alkyl halides is 2. The van der Waals surface area contributed by atoms with Crippen LogP contribution in [0, 0.1) is 0 Å². The molecule has 3 aromatic rings. The lowest BCUT2D eigenvalue weighted by Crippen LogP contribution is -2.29. The fourth-order valence-corrected chi connectivity index (χ4v) is 5.18. The zero-order valence-electron chi connectivity index (χ0n) is 18.3. The highest BCUT2D eigenvalue weighted by Gasteiger charge is 2.25. The van der Waals surface area contributed by atoms with Crippen LogP contribution in [-0.4, -0.2) is 28.7 Å². The van der Waals surface area contributed by atoms with Crippen LogP contribution in [0.1, 0.15) is 35.2 Å². The van der Waals surface area contributed by atoms with Crippen molar-refractivity contribution in [1.82, 2.24) is 4.90 Å². The Morgan fingerprint density at radius 2 is 1.42 bits per heavy atom. The van der Waals surface area contributed by atoms with Crippen molar-refractivity contribution >= 4 is 55.1 Å². The predicted octanol–water partition coefficient (Wildman–Crippen LogP) is 7.83. The molecule has 3 nitrogen and oxygen atoms in total. The summed E-state index contributed by atoms with van der Waals surface area (Å²) in [5, 5.41) is 3.75. The summed E-state index contributed by atoms with van der Waals surface area (Å²) < 4.78 is 0. The average molecular weight is 591 g/mol. The highest BCUT2D eigenvalue weighted by atomic mass is 79.9. The molecule has 172 valence electrons. The van der Waals surface area contributed by atoms with E-state index in [0.29, 0.717) is 0 Å². The third kappa shape index (κ3) is 6.69. The number of nitrogens with zero attached hydrogens (tertiary/aromatic N) is 1. The molecule has 33 heavy (non-hydrogen) atoms. The summed E-state index contributed by atoms with van der Waals surface area (Å²) in [6.07, 6.45) is 3.92. The van der Waals surface area contributed by atoms with Crippen LogP contribution in [0.15, 0.2) is 72.8 Å². The molecule has 4 rings (SSSR count). The van der Waals surface area contributed by atoms with Crippen molar-refractivity contribution in [3.05, 3.63) is 88.9 Å². The summed E-state index contributed by atoms with van der Waals surface area (Å²) in [7, 11) is 0. The van der Waals surface area contributed by atoms with E-state index in [4.69, 9.17) is 11.6 Å². The SMILES string of the molecule is O=C(Nc1ccc(CN2CCCCC2)cc1)C(Br)C(Br)c1ccc(-c2ccc(Cl)cc2)cc1. The lowest BCUT2D eigenvalue weighted by molar-refractivity contribution is -0.115. The average Bonchev–Trinajstić information content (AvgIpc) is 2.85. The largest absolute Gasteiger partial charge is 0.325 e. The van der Waals surface area contributed by atoms with Crippen LogP contribution >= 0.6 is 43.5 Å². The molecule has 1 aliphatic rings. The standard InChI is InChI=1S/C27H27Br2ClN2O/c28-25(22-8-6-20(7-9-22)21-10-12-23(30)13-11-21)26(29)27(33)31-24-14-4-19(5-15-24)18-32-16-2-1-3-17-32/h4-15,25-26H,1-3,16-18H2,(H,31,33). The van der Waals surface area contributed by atoms with Crippen LogP contribution in [0.25, 0.3) is 11.1 Å². The normalized spacial score (nSPS) is 16.2. The lowest BCUT2D eigenvalue weighted by Gasteiger charge is -2.26. The van der Waals surface area contributed by atoms with E-state index in [1.165, 1.54) is 37.9 Å². The topological polar surface area (TPSA) is 32.3 Å². The van der Waals surface area contributed by atoms with Gasteiger partial charge in [-0.05, 0) is 72.5 Å². The lowest BCUT2D eigenvalue weighted by atomic mass is 10.0. The molecule has 1 amide bonds. The van der Waals surface area contributed by atoms with Gasteiger partial charge in [0.15, 0.2) is 0 Å². The molecule has 0 bridgehead atoms. The zero-order chi connectivity index (χ0) is 23.2. The Labute approximate surface area is 217 Å². The Bertz CT molecular complexity index is 1050. The molecule has 6 heteroatoms. The van der Waals surface area contributed by atoms with E-state index in [1.54, 1.807) is 0 Å². The Morgan fingerprint density at radius 3 is 2.03 bits per heavy atom. The highest BCUT2D eigenvalue weighted by molar-refractivity contribution is 9.12. The minimum Gasteiger partial charge on any atom is -0.325 e. The van der Waals surface area contributed by atoms with Gasteiger partial charge in [-0.3, -0.25) is 9.69 Å². The molecular weight excluding hydrogens is 564 g/mol. The molecule has 1 fully saturated rings. The van der Waals surface area contributed by atoms with Crippen LogP contribution in [0.3, 0.4) is 0 Å². The smallest absolute Gasteiger partial charge is 0.239 e. The molecule has 0 aromatic heterocycles. The maximum absolute atomic E-state index is 12.8. The van der Waals surface area contributed by atoms with Crippen molar-refractivity contribution in [1.29, 1.82) is 0 Å². The van der Waals surface area contributed by atoms with Crippen LogP contribution in [-0.2, 0) is 11.3 Å². The number of likely N-dealkylation sites (tertiary alicyclic amines) is 1. The Hall–Kier alpha value is -1.66. The van der Waals surface area contributed by atoms with Crippen molar-refractivity contribution in [2.75, 3.05) is 18.4 Å². The molecule has 0 aliphatic carbocycles. The van der Waals surface area contributed by atoms with Gasteiger partial charge in [-0.15, -0.1) is 0 Å². The van der Waals surface area contributed by atoms with Gasteiger partial charge in [0.1, 0.15) is 4.83 Å². The zero-order valence-corrected chi connectivity index (χ0v) is 22.2. The molecule has 0 saturated carbocycles. The molecule has 2 atom stereocenters. The highest BCUT2D eigenvalue weighted by Crippen LogP contribution is 2.33. The number of halogens is 3. The number of piperidine rings is 1. The van der Waals surface area contributed by atoms with Gasteiger partial charge >= 0.3 is 0 Å². The van der Waals surface area contributed by atoms with Crippen LogP contribution in [0.5, 0.6) is 0 Å². The molecule has 1 saturated heterocycles. The summed E-state index contributed by atoms with van der Waals surface area (Å²) in [4.78, 5) is 14.8. The van der Waals surface area contributed by atoms with Crippen molar-refractivity contribution < 1.29 is 4.79 Å². The number of anilines is 1. The monoisotopic (exact) mass is 588 g/mol. The van der Waals surface area contributed by atoms with Crippen LogP contribution in [0.4, 0.5) is 5.69 Å². The Balaban J connectivity index is 1.33. The summed E-state index contributed by atoms with van der Waals surface area (Å²) in [5.41, 5.74) is 5.33. The minimum atomic E-state index is -0.410. The van der Waals surface area contributed by atoms with E-state index in [0.717, 1.165) is 33.9 Å². The Morgan fingerprint density at radius 1 is 0.848 bits per heavy atom. The van der Waals surface area contributed by atoms with Gasteiger partial charge in [0, 0.05) is 17.3 Å².